The highest BCUT2D eigenvalue weighted by atomic mass is 19.4. The van der Waals surface area contributed by atoms with Gasteiger partial charge in [0, 0.05) is 0 Å². The van der Waals surface area contributed by atoms with E-state index < -0.39 is 12.8 Å². The van der Waals surface area contributed by atoms with Crippen LogP contribution in [0.5, 0.6) is 11.5 Å². The molecular formula is C11H11F3O3. The first-order valence-corrected chi connectivity index (χ1v) is 4.88. The van der Waals surface area contributed by atoms with Gasteiger partial charge in [-0.3, -0.25) is 4.79 Å². The van der Waals surface area contributed by atoms with E-state index in [1.54, 1.807) is 6.92 Å². The molecular weight excluding hydrogens is 237 g/mol. The van der Waals surface area contributed by atoms with Gasteiger partial charge in [-0.05, 0) is 19.1 Å². The van der Waals surface area contributed by atoms with Crippen LogP contribution in [-0.2, 0) is 0 Å². The highest BCUT2D eigenvalue weighted by Crippen LogP contribution is 2.31. The van der Waals surface area contributed by atoms with Gasteiger partial charge in [0.2, 0.25) is 0 Å². The number of carbonyl (C=O) groups is 1. The fourth-order valence-corrected chi connectivity index (χ4v) is 1.20. The van der Waals surface area contributed by atoms with Gasteiger partial charge in [0.25, 0.3) is 0 Å². The lowest BCUT2D eigenvalue weighted by Gasteiger charge is -2.14. The fourth-order valence-electron chi connectivity index (χ4n) is 1.20. The monoisotopic (exact) mass is 248 g/mol. The molecule has 1 aromatic rings. The molecule has 1 rings (SSSR count). The minimum Gasteiger partial charge on any atom is -0.490 e. The number of halogens is 3. The van der Waals surface area contributed by atoms with Crippen molar-refractivity contribution < 1.29 is 27.4 Å². The Morgan fingerprint density at radius 2 is 2.00 bits per heavy atom. The number of para-hydroxylation sites is 1. The molecule has 0 N–H and O–H groups in total. The quantitative estimate of drug-likeness (QED) is 0.751. The van der Waals surface area contributed by atoms with Crippen molar-refractivity contribution in [2.75, 3.05) is 13.2 Å². The van der Waals surface area contributed by atoms with Crippen molar-refractivity contribution in [1.29, 1.82) is 0 Å². The smallest absolute Gasteiger partial charge is 0.422 e. The summed E-state index contributed by atoms with van der Waals surface area (Å²) in [6, 6.07) is 4.32. The van der Waals surface area contributed by atoms with E-state index in [2.05, 4.69) is 4.74 Å². The molecule has 0 bridgehead atoms. The third kappa shape index (κ3) is 3.97. The number of hydrogen-bond acceptors (Lipinski definition) is 3. The van der Waals surface area contributed by atoms with Crippen LogP contribution >= 0.6 is 0 Å². The Hall–Kier alpha value is -1.72. The van der Waals surface area contributed by atoms with Crippen LogP contribution in [0.15, 0.2) is 18.2 Å². The first kappa shape index (κ1) is 13.3. The van der Waals surface area contributed by atoms with Gasteiger partial charge in [-0.15, -0.1) is 0 Å². The van der Waals surface area contributed by atoms with E-state index in [-0.39, 0.29) is 23.7 Å². The minimum absolute atomic E-state index is 0.0280. The molecule has 6 heteroatoms. The van der Waals surface area contributed by atoms with E-state index in [1.807, 2.05) is 0 Å². The molecule has 94 valence electrons. The van der Waals surface area contributed by atoms with Crippen LogP contribution in [0.1, 0.15) is 17.3 Å². The molecule has 0 heterocycles. The lowest BCUT2D eigenvalue weighted by Crippen LogP contribution is -2.20. The third-order valence-electron chi connectivity index (χ3n) is 1.82. The average Bonchev–Trinajstić information content (AvgIpc) is 2.26. The van der Waals surface area contributed by atoms with E-state index in [1.165, 1.54) is 18.2 Å². The number of ether oxygens (including phenoxy) is 2. The highest BCUT2D eigenvalue weighted by Gasteiger charge is 2.29. The standard InChI is InChI=1S/C11H11F3O3/c1-2-16-9-5-3-4-8(6-15)10(9)17-7-11(12,13)14/h3-6H,2,7H2,1H3. The van der Waals surface area contributed by atoms with E-state index in [9.17, 15) is 18.0 Å². The molecule has 3 nitrogen and oxygen atoms in total. The number of hydrogen-bond donors (Lipinski definition) is 0. The number of rotatable bonds is 5. The second-order valence-electron chi connectivity index (χ2n) is 3.13. The molecule has 0 saturated heterocycles. The van der Waals surface area contributed by atoms with Crippen LogP contribution < -0.4 is 9.47 Å². The van der Waals surface area contributed by atoms with Crippen LogP contribution in [0, 0.1) is 0 Å². The van der Waals surface area contributed by atoms with Crippen LogP contribution in [0.25, 0.3) is 0 Å². The number of aldehydes is 1. The topological polar surface area (TPSA) is 35.5 Å². The van der Waals surface area contributed by atoms with Gasteiger partial charge in [0.1, 0.15) is 0 Å². The second-order valence-corrected chi connectivity index (χ2v) is 3.13. The van der Waals surface area contributed by atoms with E-state index >= 15 is 0 Å². The zero-order valence-electron chi connectivity index (χ0n) is 9.08. The Morgan fingerprint density at radius 3 is 2.53 bits per heavy atom. The summed E-state index contributed by atoms with van der Waals surface area (Å²) in [6.45, 7) is 0.490. The zero-order chi connectivity index (χ0) is 12.9. The molecule has 0 aliphatic carbocycles. The number of carbonyl (C=O) groups excluding carboxylic acids is 1. The lowest BCUT2D eigenvalue weighted by atomic mass is 10.2. The maximum Gasteiger partial charge on any atom is 0.422 e. The molecule has 17 heavy (non-hydrogen) atoms. The van der Waals surface area contributed by atoms with Crippen molar-refractivity contribution in [2.24, 2.45) is 0 Å². The summed E-state index contributed by atoms with van der Waals surface area (Å²) < 4.78 is 45.8. The largest absolute Gasteiger partial charge is 0.490 e. The summed E-state index contributed by atoms with van der Waals surface area (Å²) in [7, 11) is 0. The third-order valence-corrected chi connectivity index (χ3v) is 1.82. The molecule has 1 aromatic carbocycles. The first-order valence-electron chi connectivity index (χ1n) is 4.88. The maximum absolute atomic E-state index is 12.0. The first-order chi connectivity index (χ1) is 7.98. The molecule has 0 saturated carbocycles. The molecule has 0 fully saturated rings. The van der Waals surface area contributed by atoms with Gasteiger partial charge in [-0.25, -0.2) is 0 Å². The summed E-state index contributed by atoms with van der Waals surface area (Å²) in [5, 5.41) is 0. The Morgan fingerprint density at radius 1 is 1.29 bits per heavy atom. The summed E-state index contributed by atoms with van der Waals surface area (Å²) in [6.07, 6.45) is -4.03. The van der Waals surface area contributed by atoms with Gasteiger partial charge >= 0.3 is 6.18 Å². The second kappa shape index (κ2) is 5.56. The molecule has 0 aliphatic rings. The highest BCUT2D eigenvalue weighted by molar-refractivity contribution is 5.81. The summed E-state index contributed by atoms with van der Waals surface area (Å²) in [5.41, 5.74) is 0.0280. The van der Waals surface area contributed by atoms with Crippen molar-refractivity contribution in [3.63, 3.8) is 0 Å². The Balaban J connectivity index is 2.96. The average molecular weight is 248 g/mol. The SMILES string of the molecule is CCOc1cccc(C=O)c1OCC(F)(F)F. The molecule has 0 unspecified atom stereocenters. The molecule has 0 spiro atoms. The van der Waals surface area contributed by atoms with E-state index in [0.29, 0.717) is 6.29 Å². The van der Waals surface area contributed by atoms with Crippen molar-refractivity contribution >= 4 is 6.29 Å². The summed E-state index contributed by atoms with van der Waals surface area (Å²) in [5.74, 6) is -0.0528. The van der Waals surface area contributed by atoms with Crippen LogP contribution in [0.2, 0.25) is 0 Å². The molecule has 0 amide bonds. The van der Waals surface area contributed by atoms with Crippen molar-refractivity contribution in [3.8, 4) is 11.5 Å². The fraction of sp³-hybridized carbons (Fsp3) is 0.364. The summed E-state index contributed by atoms with van der Waals surface area (Å²) >= 11 is 0. The van der Waals surface area contributed by atoms with Gasteiger partial charge in [0.05, 0.1) is 12.2 Å². The van der Waals surface area contributed by atoms with Gasteiger partial charge < -0.3 is 9.47 Å². The zero-order valence-corrected chi connectivity index (χ0v) is 9.08. The van der Waals surface area contributed by atoms with Gasteiger partial charge in [-0.1, -0.05) is 6.07 Å². The summed E-state index contributed by atoms with van der Waals surface area (Å²) in [4.78, 5) is 10.7. The van der Waals surface area contributed by atoms with Gasteiger partial charge in [-0.2, -0.15) is 13.2 Å². The lowest BCUT2D eigenvalue weighted by molar-refractivity contribution is -0.153. The molecule has 0 radical (unpaired) electrons. The Labute approximate surface area is 96.1 Å². The Bertz CT molecular complexity index is 388. The number of alkyl halides is 3. The van der Waals surface area contributed by atoms with E-state index in [0.717, 1.165) is 0 Å². The van der Waals surface area contributed by atoms with Crippen molar-refractivity contribution in [2.45, 2.75) is 13.1 Å². The normalized spacial score (nSPS) is 11.1. The molecule has 0 aliphatic heterocycles. The number of benzene rings is 1. The molecule has 0 aromatic heterocycles. The van der Waals surface area contributed by atoms with Crippen molar-refractivity contribution in [1.82, 2.24) is 0 Å². The predicted octanol–water partition coefficient (Wildman–Crippen LogP) is 2.84. The maximum atomic E-state index is 12.0. The van der Waals surface area contributed by atoms with Crippen LogP contribution in [0.4, 0.5) is 13.2 Å². The predicted molar refractivity (Wildman–Crippen MR) is 54.5 cm³/mol. The van der Waals surface area contributed by atoms with E-state index in [4.69, 9.17) is 4.74 Å². The minimum atomic E-state index is -4.46. The molecule has 0 atom stereocenters. The Kier molecular flexibility index (Phi) is 4.37. The van der Waals surface area contributed by atoms with Crippen molar-refractivity contribution in [3.05, 3.63) is 23.8 Å². The van der Waals surface area contributed by atoms with Crippen LogP contribution in [0.3, 0.4) is 0 Å². The van der Waals surface area contributed by atoms with Gasteiger partial charge in [0.15, 0.2) is 24.4 Å². The van der Waals surface area contributed by atoms with Crippen LogP contribution in [-0.4, -0.2) is 25.7 Å².